The van der Waals surface area contributed by atoms with Crippen LogP contribution in [0.4, 0.5) is 5.95 Å². The maximum absolute atomic E-state index is 12.4. The van der Waals surface area contributed by atoms with Crippen molar-refractivity contribution in [2.75, 3.05) is 31.1 Å². The molecular weight excluding hydrogens is 280 g/mol. The largest absolute Gasteiger partial charge is 0.340 e. The smallest absolute Gasteiger partial charge is 0.255 e. The molecule has 0 saturated carbocycles. The Bertz CT molecular complexity index is 650. The van der Waals surface area contributed by atoms with Gasteiger partial charge < -0.3 is 9.80 Å². The molecule has 4 heterocycles. The minimum absolute atomic E-state index is 0.0480. The molecule has 2 aliphatic heterocycles. The van der Waals surface area contributed by atoms with Crippen LogP contribution in [0.15, 0.2) is 36.9 Å². The van der Waals surface area contributed by atoms with E-state index in [9.17, 15) is 4.79 Å². The SMILES string of the molecule is O=C(c1ccnnc1)N1C[C@@H]2CN(c3ncccn3)C[C@H]2C1. The number of anilines is 1. The summed E-state index contributed by atoms with van der Waals surface area (Å²) in [6.07, 6.45) is 6.62. The van der Waals surface area contributed by atoms with Crippen LogP contribution in [0.25, 0.3) is 0 Å². The minimum Gasteiger partial charge on any atom is -0.340 e. The first-order chi connectivity index (χ1) is 10.8. The molecule has 0 bridgehead atoms. The number of hydrogen-bond acceptors (Lipinski definition) is 6. The fraction of sp³-hybridized carbons (Fsp3) is 0.400. The molecule has 1 amide bonds. The highest BCUT2D eigenvalue weighted by Gasteiger charge is 2.42. The topological polar surface area (TPSA) is 75.1 Å². The number of hydrogen-bond donors (Lipinski definition) is 0. The van der Waals surface area contributed by atoms with Gasteiger partial charge in [0, 0.05) is 50.4 Å². The second-order valence-electron chi connectivity index (χ2n) is 5.82. The summed E-state index contributed by atoms with van der Waals surface area (Å²) >= 11 is 0. The first kappa shape index (κ1) is 13.1. The van der Waals surface area contributed by atoms with Crippen LogP contribution in [0.2, 0.25) is 0 Å². The van der Waals surface area contributed by atoms with Crippen LogP contribution in [0, 0.1) is 11.8 Å². The lowest BCUT2D eigenvalue weighted by Crippen LogP contribution is -2.33. The van der Waals surface area contributed by atoms with E-state index in [1.54, 1.807) is 24.7 Å². The molecule has 0 unspecified atom stereocenters. The van der Waals surface area contributed by atoms with Gasteiger partial charge in [0.05, 0.1) is 18.0 Å². The normalized spacial score (nSPS) is 23.6. The zero-order valence-electron chi connectivity index (χ0n) is 12.0. The number of carbonyl (C=O) groups is 1. The van der Waals surface area contributed by atoms with Crippen molar-refractivity contribution in [1.29, 1.82) is 0 Å². The lowest BCUT2D eigenvalue weighted by atomic mass is 10.0. The van der Waals surface area contributed by atoms with E-state index in [0.29, 0.717) is 17.4 Å². The summed E-state index contributed by atoms with van der Waals surface area (Å²) in [5.41, 5.74) is 0.609. The van der Waals surface area contributed by atoms with E-state index in [0.717, 1.165) is 32.1 Å². The lowest BCUT2D eigenvalue weighted by molar-refractivity contribution is 0.0782. The molecule has 22 heavy (non-hydrogen) atoms. The third-order valence-corrected chi connectivity index (χ3v) is 4.44. The molecule has 2 aromatic rings. The molecule has 7 nitrogen and oxygen atoms in total. The molecule has 0 N–H and O–H groups in total. The molecule has 112 valence electrons. The van der Waals surface area contributed by atoms with Gasteiger partial charge in [-0.25, -0.2) is 9.97 Å². The molecule has 0 radical (unpaired) electrons. The molecule has 4 rings (SSSR count). The summed E-state index contributed by atoms with van der Waals surface area (Å²) in [5.74, 6) is 1.81. The molecule has 2 fully saturated rings. The molecule has 2 aliphatic rings. The first-order valence-electron chi connectivity index (χ1n) is 7.39. The van der Waals surface area contributed by atoms with E-state index in [-0.39, 0.29) is 5.91 Å². The lowest BCUT2D eigenvalue weighted by Gasteiger charge is -2.21. The van der Waals surface area contributed by atoms with Crippen molar-refractivity contribution in [3.63, 3.8) is 0 Å². The summed E-state index contributed by atoms with van der Waals surface area (Å²) in [6.45, 7) is 3.39. The maximum Gasteiger partial charge on any atom is 0.255 e. The van der Waals surface area contributed by atoms with Gasteiger partial charge in [0.25, 0.3) is 5.91 Å². The Morgan fingerprint density at radius 3 is 2.36 bits per heavy atom. The second kappa shape index (κ2) is 5.32. The van der Waals surface area contributed by atoms with E-state index < -0.39 is 0 Å². The minimum atomic E-state index is 0.0480. The number of likely N-dealkylation sites (tertiary alicyclic amines) is 1. The average Bonchev–Trinajstić information content (AvgIpc) is 3.15. The Kier molecular flexibility index (Phi) is 3.17. The van der Waals surface area contributed by atoms with Gasteiger partial charge in [-0.3, -0.25) is 4.79 Å². The Balaban J connectivity index is 1.43. The van der Waals surface area contributed by atoms with Crippen molar-refractivity contribution in [3.8, 4) is 0 Å². The van der Waals surface area contributed by atoms with Crippen molar-refractivity contribution in [3.05, 3.63) is 42.5 Å². The van der Waals surface area contributed by atoms with Gasteiger partial charge in [-0.15, -0.1) is 0 Å². The van der Waals surface area contributed by atoms with Gasteiger partial charge in [0.1, 0.15) is 0 Å². The predicted octanol–water partition coefficient (Wildman–Crippen LogP) is 0.475. The highest BCUT2D eigenvalue weighted by atomic mass is 16.2. The summed E-state index contributed by atoms with van der Waals surface area (Å²) < 4.78 is 0. The third kappa shape index (κ3) is 2.28. The number of amides is 1. The monoisotopic (exact) mass is 296 g/mol. The summed E-state index contributed by atoms with van der Waals surface area (Å²) in [5, 5.41) is 7.49. The highest BCUT2D eigenvalue weighted by molar-refractivity contribution is 5.94. The van der Waals surface area contributed by atoms with E-state index >= 15 is 0 Å². The number of carbonyl (C=O) groups excluding carboxylic acids is 1. The molecule has 0 aromatic carbocycles. The molecule has 7 heteroatoms. The Morgan fingerprint density at radius 2 is 1.73 bits per heavy atom. The molecule has 2 saturated heterocycles. The van der Waals surface area contributed by atoms with E-state index in [1.165, 1.54) is 6.20 Å². The molecular formula is C15H16N6O. The quantitative estimate of drug-likeness (QED) is 0.802. The van der Waals surface area contributed by atoms with Crippen molar-refractivity contribution >= 4 is 11.9 Å². The molecule has 0 spiro atoms. The predicted molar refractivity (Wildman–Crippen MR) is 79.2 cm³/mol. The summed E-state index contributed by atoms with van der Waals surface area (Å²) in [4.78, 5) is 25.2. The third-order valence-electron chi connectivity index (χ3n) is 4.44. The number of aromatic nitrogens is 4. The fourth-order valence-electron chi connectivity index (χ4n) is 3.38. The van der Waals surface area contributed by atoms with Gasteiger partial charge in [-0.05, 0) is 12.1 Å². The highest BCUT2D eigenvalue weighted by Crippen LogP contribution is 2.33. The molecule has 0 aliphatic carbocycles. The maximum atomic E-state index is 12.4. The van der Waals surface area contributed by atoms with Crippen LogP contribution in [0.3, 0.4) is 0 Å². The fourth-order valence-corrected chi connectivity index (χ4v) is 3.38. The van der Waals surface area contributed by atoms with E-state index in [4.69, 9.17) is 0 Å². The molecule has 2 aromatic heterocycles. The van der Waals surface area contributed by atoms with Crippen molar-refractivity contribution in [2.24, 2.45) is 11.8 Å². The first-order valence-corrected chi connectivity index (χ1v) is 7.39. The standard InChI is InChI=1S/C15H16N6O/c22-14(11-2-5-18-19-6-11)20-7-12-9-21(10-13(12)8-20)15-16-3-1-4-17-15/h1-6,12-13H,7-10H2/t12-,13-/m1/s1. The van der Waals surface area contributed by atoms with Gasteiger partial charge in [-0.1, -0.05) is 0 Å². The zero-order valence-corrected chi connectivity index (χ0v) is 12.0. The van der Waals surface area contributed by atoms with Crippen LogP contribution in [0.5, 0.6) is 0 Å². The van der Waals surface area contributed by atoms with Crippen LogP contribution >= 0.6 is 0 Å². The van der Waals surface area contributed by atoms with E-state index in [2.05, 4.69) is 25.1 Å². The zero-order chi connectivity index (χ0) is 14.9. The van der Waals surface area contributed by atoms with Crippen LogP contribution in [0.1, 0.15) is 10.4 Å². The summed E-state index contributed by atoms with van der Waals surface area (Å²) in [6, 6.07) is 3.54. The van der Waals surface area contributed by atoms with Crippen molar-refractivity contribution < 1.29 is 4.79 Å². The van der Waals surface area contributed by atoms with Crippen LogP contribution in [-0.4, -0.2) is 57.2 Å². The van der Waals surface area contributed by atoms with Gasteiger partial charge in [0.2, 0.25) is 5.95 Å². The Morgan fingerprint density at radius 1 is 1.00 bits per heavy atom. The second-order valence-corrected chi connectivity index (χ2v) is 5.82. The van der Waals surface area contributed by atoms with Gasteiger partial charge in [-0.2, -0.15) is 10.2 Å². The summed E-state index contributed by atoms with van der Waals surface area (Å²) in [7, 11) is 0. The van der Waals surface area contributed by atoms with E-state index in [1.807, 2.05) is 11.0 Å². The van der Waals surface area contributed by atoms with Crippen molar-refractivity contribution in [1.82, 2.24) is 25.1 Å². The van der Waals surface area contributed by atoms with Crippen LogP contribution in [-0.2, 0) is 0 Å². The van der Waals surface area contributed by atoms with Crippen molar-refractivity contribution in [2.45, 2.75) is 0 Å². The number of fused-ring (bicyclic) bond motifs is 1. The Labute approximate surface area is 128 Å². The Hall–Kier alpha value is -2.57. The molecule has 2 atom stereocenters. The van der Waals surface area contributed by atoms with Crippen LogP contribution < -0.4 is 4.90 Å². The van der Waals surface area contributed by atoms with Gasteiger partial charge >= 0.3 is 0 Å². The average molecular weight is 296 g/mol. The number of nitrogens with zero attached hydrogens (tertiary/aromatic N) is 6. The number of rotatable bonds is 2. The van der Waals surface area contributed by atoms with Gasteiger partial charge in [0.15, 0.2) is 0 Å².